The Morgan fingerprint density at radius 2 is 1.80 bits per heavy atom. The number of benzene rings is 3. The summed E-state index contributed by atoms with van der Waals surface area (Å²) in [6.07, 6.45) is 1.47. The van der Waals surface area contributed by atoms with Crippen molar-refractivity contribution in [2.75, 3.05) is 11.9 Å². The van der Waals surface area contributed by atoms with Crippen LogP contribution in [0.3, 0.4) is 0 Å². The quantitative estimate of drug-likeness (QED) is 0.211. The SMILES string of the molecule is CCOc1cc(/C=C(\C#N)C(=O)Nc2cc(Cl)ccc2C)cc(Br)c1OCc1ccc(Cl)cc1Cl. The van der Waals surface area contributed by atoms with E-state index in [4.69, 9.17) is 44.3 Å². The molecule has 1 N–H and O–H groups in total. The van der Waals surface area contributed by atoms with Crippen LogP contribution in [0.2, 0.25) is 15.1 Å². The van der Waals surface area contributed by atoms with Crippen LogP contribution in [0.4, 0.5) is 5.69 Å². The Morgan fingerprint density at radius 1 is 1.09 bits per heavy atom. The zero-order chi connectivity index (χ0) is 25.5. The number of nitrogens with zero attached hydrogens (tertiary/aromatic N) is 1. The fraction of sp³-hybridized carbons (Fsp3) is 0.154. The van der Waals surface area contributed by atoms with Gasteiger partial charge in [0.25, 0.3) is 5.91 Å². The molecule has 0 heterocycles. The van der Waals surface area contributed by atoms with Gasteiger partial charge in [0.1, 0.15) is 18.2 Å². The first-order valence-electron chi connectivity index (χ1n) is 10.4. The molecule has 0 aliphatic rings. The number of carbonyl (C=O) groups excluding carboxylic acids is 1. The minimum absolute atomic E-state index is 0.0830. The Balaban J connectivity index is 1.87. The normalized spacial score (nSPS) is 11.1. The van der Waals surface area contributed by atoms with E-state index in [-0.39, 0.29) is 12.2 Å². The zero-order valence-electron chi connectivity index (χ0n) is 18.8. The number of halogens is 4. The molecule has 3 aromatic rings. The molecule has 0 unspecified atom stereocenters. The van der Waals surface area contributed by atoms with Gasteiger partial charge in [0.15, 0.2) is 11.5 Å². The van der Waals surface area contributed by atoms with Crippen molar-refractivity contribution in [3.63, 3.8) is 0 Å². The third kappa shape index (κ3) is 7.16. The van der Waals surface area contributed by atoms with E-state index < -0.39 is 5.91 Å². The van der Waals surface area contributed by atoms with Crippen LogP contribution in [-0.2, 0) is 11.4 Å². The summed E-state index contributed by atoms with van der Waals surface area (Å²) < 4.78 is 12.3. The monoisotopic (exact) mass is 592 g/mol. The lowest BCUT2D eigenvalue weighted by atomic mass is 10.1. The molecule has 0 fully saturated rings. The lowest BCUT2D eigenvalue weighted by molar-refractivity contribution is -0.112. The van der Waals surface area contributed by atoms with Gasteiger partial charge in [0, 0.05) is 26.3 Å². The average Bonchev–Trinajstić information content (AvgIpc) is 2.80. The molecule has 0 aliphatic heterocycles. The first-order chi connectivity index (χ1) is 16.7. The number of hydrogen-bond donors (Lipinski definition) is 1. The van der Waals surface area contributed by atoms with Gasteiger partial charge in [-0.2, -0.15) is 5.26 Å². The summed E-state index contributed by atoms with van der Waals surface area (Å²) >= 11 is 21.7. The van der Waals surface area contributed by atoms with Gasteiger partial charge in [0.2, 0.25) is 0 Å². The highest BCUT2D eigenvalue weighted by Crippen LogP contribution is 2.38. The third-order valence-corrected chi connectivity index (χ3v) is 6.25. The van der Waals surface area contributed by atoms with E-state index in [1.807, 2.05) is 19.9 Å². The van der Waals surface area contributed by atoms with Gasteiger partial charge in [-0.05, 0) is 83.4 Å². The molecule has 0 radical (unpaired) electrons. The van der Waals surface area contributed by atoms with Crippen LogP contribution in [-0.4, -0.2) is 12.5 Å². The van der Waals surface area contributed by atoms with Crippen LogP contribution in [0.25, 0.3) is 6.08 Å². The van der Waals surface area contributed by atoms with Crippen LogP contribution in [0.15, 0.2) is 58.6 Å². The average molecular weight is 595 g/mol. The predicted molar refractivity (Wildman–Crippen MR) is 145 cm³/mol. The lowest BCUT2D eigenvalue weighted by Crippen LogP contribution is -2.14. The van der Waals surface area contributed by atoms with Crippen molar-refractivity contribution in [2.24, 2.45) is 0 Å². The molecule has 0 aliphatic carbocycles. The van der Waals surface area contributed by atoms with E-state index in [1.165, 1.54) is 6.08 Å². The van der Waals surface area contributed by atoms with Crippen molar-refractivity contribution in [1.82, 2.24) is 0 Å². The molecule has 0 saturated heterocycles. The zero-order valence-corrected chi connectivity index (χ0v) is 22.6. The van der Waals surface area contributed by atoms with Gasteiger partial charge in [0.05, 0.1) is 11.1 Å². The fourth-order valence-corrected chi connectivity index (χ4v) is 4.31. The number of aryl methyl sites for hydroxylation is 1. The van der Waals surface area contributed by atoms with E-state index in [0.717, 1.165) is 11.1 Å². The van der Waals surface area contributed by atoms with Gasteiger partial charge in [-0.1, -0.05) is 46.9 Å². The third-order valence-electron chi connectivity index (χ3n) is 4.84. The van der Waals surface area contributed by atoms with E-state index >= 15 is 0 Å². The van der Waals surface area contributed by atoms with Gasteiger partial charge in [-0.3, -0.25) is 4.79 Å². The number of rotatable bonds is 8. The second kappa shape index (κ2) is 12.3. The summed E-state index contributed by atoms with van der Waals surface area (Å²) in [5, 5.41) is 13.9. The minimum Gasteiger partial charge on any atom is -0.490 e. The second-order valence-electron chi connectivity index (χ2n) is 7.37. The first kappa shape index (κ1) is 26.9. The molecule has 180 valence electrons. The minimum atomic E-state index is -0.551. The molecular weight excluding hydrogens is 575 g/mol. The van der Waals surface area contributed by atoms with E-state index in [1.54, 1.807) is 48.5 Å². The van der Waals surface area contributed by atoms with Crippen LogP contribution >= 0.6 is 50.7 Å². The molecule has 35 heavy (non-hydrogen) atoms. The smallest absolute Gasteiger partial charge is 0.266 e. The number of hydrogen-bond acceptors (Lipinski definition) is 4. The maximum atomic E-state index is 12.8. The molecule has 5 nitrogen and oxygen atoms in total. The Kier molecular flexibility index (Phi) is 9.47. The van der Waals surface area contributed by atoms with Crippen molar-refractivity contribution in [1.29, 1.82) is 5.26 Å². The molecule has 3 rings (SSSR count). The van der Waals surface area contributed by atoms with Crippen molar-refractivity contribution in [3.05, 3.63) is 90.3 Å². The number of anilines is 1. The van der Waals surface area contributed by atoms with E-state index in [0.29, 0.717) is 48.9 Å². The number of ether oxygens (including phenoxy) is 2. The molecule has 9 heteroatoms. The van der Waals surface area contributed by atoms with Crippen molar-refractivity contribution >= 4 is 68.4 Å². The van der Waals surface area contributed by atoms with Crippen LogP contribution in [0.5, 0.6) is 11.5 Å². The summed E-state index contributed by atoms with van der Waals surface area (Å²) in [7, 11) is 0. The number of nitrogens with one attached hydrogen (secondary N) is 1. The van der Waals surface area contributed by atoms with Crippen LogP contribution < -0.4 is 14.8 Å². The molecule has 0 bridgehead atoms. The van der Waals surface area contributed by atoms with Gasteiger partial charge >= 0.3 is 0 Å². The fourth-order valence-electron chi connectivity index (χ4n) is 3.10. The number of amides is 1. The summed E-state index contributed by atoms with van der Waals surface area (Å²) in [4.78, 5) is 12.8. The largest absolute Gasteiger partial charge is 0.490 e. The highest BCUT2D eigenvalue weighted by molar-refractivity contribution is 9.10. The maximum absolute atomic E-state index is 12.8. The molecule has 1 amide bonds. The lowest BCUT2D eigenvalue weighted by Gasteiger charge is -2.15. The molecule has 0 aromatic heterocycles. The number of carbonyl (C=O) groups is 1. The first-order valence-corrected chi connectivity index (χ1v) is 12.4. The van der Waals surface area contributed by atoms with Crippen LogP contribution in [0, 0.1) is 18.3 Å². The summed E-state index contributed by atoms with van der Waals surface area (Å²) in [5.74, 6) is 0.360. The molecule has 0 saturated carbocycles. The predicted octanol–water partition coefficient (Wildman–Crippen LogP) is 8.24. The topological polar surface area (TPSA) is 71.3 Å². The van der Waals surface area contributed by atoms with E-state index in [2.05, 4.69) is 21.2 Å². The molecule has 3 aromatic carbocycles. The Labute approximate surface area is 227 Å². The second-order valence-corrected chi connectivity index (χ2v) is 9.50. The Bertz CT molecular complexity index is 1340. The van der Waals surface area contributed by atoms with E-state index in [9.17, 15) is 10.1 Å². The van der Waals surface area contributed by atoms with Crippen LogP contribution in [0.1, 0.15) is 23.6 Å². The number of nitriles is 1. The highest BCUT2D eigenvalue weighted by Gasteiger charge is 2.16. The Morgan fingerprint density at radius 3 is 2.49 bits per heavy atom. The molecule has 0 spiro atoms. The molecule has 0 atom stereocenters. The highest BCUT2D eigenvalue weighted by atomic mass is 79.9. The van der Waals surface area contributed by atoms with Gasteiger partial charge < -0.3 is 14.8 Å². The Hall–Kier alpha value is -2.69. The van der Waals surface area contributed by atoms with Crippen molar-refractivity contribution < 1.29 is 14.3 Å². The summed E-state index contributed by atoms with van der Waals surface area (Å²) in [6.45, 7) is 4.26. The maximum Gasteiger partial charge on any atom is 0.266 e. The van der Waals surface area contributed by atoms with Gasteiger partial charge in [-0.15, -0.1) is 0 Å². The standard InChI is InChI=1S/C26H20BrCl3N2O3/c1-3-34-24-10-16(8-18(13-31)26(33)32-23-12-20(29)6-4-15(23)2)9-21(27)25(24)35-14-17-5-7-19(28)11-22(17)30/h4-12H,3,14H2,1-2H3,(H,32,33)/b18-8+. The summed E-state index contributed by atoms with van der Waals surface area (Å²) in [5.41, 5.74) is 2.61. The van der Waals surface area contributed by atoms with Gasteiger partial charge in [-0.25, -0.2) is 0 Å². The molecular formula is C26H20BrCl3N2O3. The summed E-state index contributed by atoms with van der Waals surface area (Å²) in [6, 6.07) is 15.7. The van der Waals surface area contributed by atoms with Crippen molar-refractivity contribution in [3.8, 4) is 17.6 Å². The van der Waals surface area contributed by atoms with Crippen molar-refractivity contribution in [2.45, 2.75) is 20.5 Å².